The van der Waals surface area contributed by atoms with E-state index in [0.717, 1.165) is 21.5 Å². The fraction of sp³-hybridized carbons (Fsp3) is 0.400. The van der Waals surface area contributed by atoms with Gasteiger partial charge >= 0.3 is 5.97 Å². The van der Waals surface area contributed by atoms with E-state index in [1.807, 2.05) is 19.9 Å². The first-order valence-electron chi connectivity index (χ1n) is 7.10. The fourth-order valence-electron chi connectivity index (χ4n) is 3.02. The SMILES string of the molecule is Cc1cc(C)c2c(N)c(C(=O)N3CCCC3C(=O)O)sc2n1. The first-order chi connectivity index (χ1) is 10.4. The molecule has 0 spiro atoms. The van der Waals surface area contributed by atoms with Gasteiger partial charge in [-0.1, -0.05) is 0 Å². The molecule has 1 atom stereocenters. The monoisotopic (exact) mass is 319 g/mol. The van der Waals surface area contributed by atoms with Crippen LogP contribution >= 0.6 is 11.3 Å². The van der Waals surface area contributed by atoms with Crippen LogP contribution in [0.25, 0.3) is 10.2 Å². The molecule has 0 aromatic carbocycles. The van der Waals surface area contributed by atoms with Crippen LogP contribution in [0.1, 0.15) is 33.8 Å². The molecule has 1 aliphatic rings. The van der Waals surface area contributed by atoms with Crippen LogP contribution in [-0.4, -0.2) is 39.5 Å². The van der Waals surface area contributed by atoms with E-state index in [-0.39, 0.29) is 5.91 Å². The van der Waals surface area contributed by atoms with Crippen molar-refractivity contribution < 1.29 is 14.7 Å². The van der Waals surface area contributed by atoms with Crippen molar-refractivity contribution in [3.8, 4) is 0 Å². The highest BCUT2D eigenvalue weighted by molar-refractivity contribution is 7.21. The van der Waals surface area contributed by atoms with Gasteiger partial charge in [0, 0.05) is 17.6 Å². The molecular formula is C15H17N3O3S. The van der Waals surface area contributed by atoms with E-state index in [0.29, 0.717) is 30.0 Å². The van der Waals surface area contributed by atoms with Gasteiger partial charge in [-0.15, -0.1) is 11.3 Å². The molecule has 3 rings (SSSR count). The molecule has 1 unspecified atom stereocenters. The highest BCUT2D eigenvalue weighted by Crippen LogP contribution is 2.36. The van der Waals surface area contributed by atoms with Gasteiger partial charge in [0.15, 0.2) is 0 Å². The summed E-state index contributed by atoms with van der Waals surface area (Å²) in [5.74, 6) is -1.27. The number of carboxylic acid groups (broad SMARTS) is 1. The zero-order valence-corrected chi connectivity index (χ0v) is 13.2. The number of anilines is 1. The van der Waals surface area contributed by atoms with Crippen molar-refractivity contribution in [1.29, 1.82) is 0 Å². The summed E-state index contributed by atoms with van der Waals surface area (Å²) in [5.41, 5.74) is 8.41. The number of amides is 1. The Hall–Kier alpha value is -2.15. The molecule has 1 saturated heterocycles. The minimum Gasteiger partial charge on any atom is -0.480 e. The van der Waals surface area contributed by atoms with E-state index in [1.165, 1.54) is 16.2 Å². The number of carbonyl (C=O) groups is 2. The molecular weight excluding hydrogens is 302 g/mol. The summed E-state index contributed by atoms with van der Waals surface area (Å²) in [6.45, 7) is 4.28. The van der Waals surface area contributed by atoms with Gasteiger partial charge in [-0.3, -0.25) is 4.79 Å². The Bertz CT molecular complexity index is 784. The smallest absolute Gasteiger partial charge is 0.326 e. The third kappa shape index (κ3) is 2.21. The quantitative estimate of drug-likeness (QED) is 0.884. The van der Waals surface area contributed by atoms with Crippen LogP contribution in [0.2, 0.25) is 0 Å². The molecule has 0 aliphatic carbocycles. The minimum atomic E-state index is -0.962. The van der Waals surface area contributed by atoms with Crippen LogP contribution in [-0.2, 0) is 4.79 Å². The number of thiophene rings is 1. The molecule has 1 fully saturated rings. The zero-order chi connectivity index (χ0) is 16.0. The molecule has 0 radical (unpaired) electrons. The standard InChI is InChI=1S/C15H17N3O3S/c1-7-6-8(2)17-13-10(7)11(16)12(22-13)14(19)18-5-3-4-9(18)15(20)21/h6,9H,3-5,16H2,1-2H3,(H,20,21). The summed E-state index contributed by atoms with van der Waals surface area (Å²) in [7, 11) is 0. The maximum absolute atomic E-state index is 12.7. The highest BCUT2D eigenvalue weighted by Gasteiger charge is 2.36. The van der Waals surface area contributed by atoms with E-state index in [2.05, 4.69) is 4.98 Å². The Morgan fingerprint density at radius 3 is 2.86 bits per heavy atom. The van der Waals surface area contributed by atoms with Crippen molar-refractivity contribution in [3.63, 3.8) is 0 Å². The lowest BCUT2D eigenvalue weighted by molar-refractivity contribution is -0.141. The van der Waals surface area contributed by atoms with Crippen LogP contribution in [0.3, 0.4) is 0 Å². The number of carboxylic acids is 1. The number of aliphatic carboxylic acids is 1. The van der Waals surface area contributed by atoms with Gasteiger partial charge in [0.2, 0.25) is 0 Å². The number of rotatable bonds is 2. The molecule has 3 N–H and O–H groups in total. The molecule has 0 bridgehead atoms. The molecule has 6 nitrogen and oxygen atoms in total. The number of pyridine rings is 1. The normalized spacial score (nSPS) is 18.1. The average Bonchev–Trinajstić information content (AvgIpc) is 3.03. The van der Waals surface area contributed by atoms with Gasteiger partial charge in [-0.05, 0) is 38.3 Å². The van der Waals surface area contributed by atoms with Gasteiger partial charge in [-0.25, -0.2) is 9.78 Å². The Morgan fingerprint density at radius 1 is 1.45 bits per heavy atom. The van der Waals surface area contributed by atoms with Gasteiger partial charge in [0.05, 0.1) is 5.69 Å². The van der Waals surface area contributed by atoms with Crippen LogP contribution < -0.4 is 5.73 Å². The van der Waals surface area contributed by atoms with Gasteiger partial charge in [-0.2, -0.15) is 0 Å². The van der Waals surface area contributed by atoms with Crippen LogP contribution in [0.4, 0.5) is 5.69 Å². The van der Waals surface area contributed by atoms with Gasteiger partial charge < -0.3 is 15.7 Å². The third-order valence-electron chi connectivity index (χ3n) is 4.02. The number of likely N-dealkylation sites (tertiary alicyclic amines) is 1. The van der Waals surface area contributed by atoms with Crippen LogP contribution in [0.15, 0.2) is 6.07 Å². The predicted octanol–water partition coefficient (Wildman–Crippen LogP) is 2.18. The summed E-state index contributed by atoms with van der Waals surface area (Å²) in [4.78, 5) is 30.9. The van der Waals surface area contributed by atoms with E-state index < -0.39 is 12.0 Å². The lowest BCUT2D eigenvalue weighted by Gasteiger charge is -2.20. The second-order valence-electron chi connectivity index (χ2n) is 5.60. The zero-order valence-electron chi connectivity index (χ0n) is 12.4. The number of aryl methyl sites for hydroxylation is 2. The predicted molar refractivity (Wildman–Crippen MR) is 85.2 cm³/mol. The number of fused-ring (bicyclic) bond motifs is 1. The number of carbonyl (C=O) groups excluding carboxylic acids is 1. The molecule has 1 amide bonds. The molecule has 116 valence electrons. The van der Waals surface area contributed by atoms with Crippen molar-refractivity contribution in [2.45, 2.75) is 32.7 Å². The second-order valence-corrected chi connectivity index (χ2v) is 6.60. The lowest BCUT2D eigenvalue weighted by atomic mass is 10.1. The summed E-state index contributed by atoms with van der Waals surface area (Å²) in [6, 6.07) is 1.17. The molecule has 0 saturated carbocycles. The average molecular weight is 319 g/mol. The number of nitrogens with zero attached hydrogens (tertiary/aromatic N) is 2. The number of hydrogen-bond acceptors (Lipinski definition) is 5. The van der Waals surface area contributed by atoms with Crippen molar-refractivity contribution in [1.82, 2.24) is 9.88 Å². The minimum absolute atomic E-state index is 0.303. The maximum Gasteiger partial charge on any atom is 0.326 e. The largest absolute Gasteiger partial charge is 0.480 e. The molecule has 2 aromatic heterocycles. The molecule has 1 aliphatic heterocycles. The van der Waals surface area contributed by atoms with Crippen molar-refractivity contribution >= 4 is 39.1 Å². The first kappa shape index (κ1) is 14.8. The van der Waals surface area contributed by atoms with Gasteiger partial charge in [0.25, 0.3) is 5.91 Å². The summed E-state index contributed by atoms with van der Waals surface area (Å²) in [5, 5.41) is 10.0. The first-order valence-corrected chi connectivity index (χ1v) is 7.91. The van der Waals surface area contributed by atoms with Crippen molar-refractivity contribution in [2.75, 3.05) is 12.3 Å². The summed E-state index contributed by atoms with van der Waals surface area (Å²) < 4.78 is 0. The van der Waals surface area contributed by atoms with Crippen LogP contribution in [0.5, 0.6) is 0 Å². The summed E-state index contributed by atoms with van der Waals surface area (Å²) in [6.07, 6.45) is 1.19. The number of nitrogens with two attached hydrogens (primary N) is 1. The molecule has 7 heteroatoms. The van der Waals surface area contributed by atoms with E-state index >= 15 is 0 Å². The maximum atomic E-state index is 12.7. The Kier molecular flexibility index (Phi) is 3.52. The lowest BCUT2D eigenvalue weighted by Crippen LogP contribution is -2.40. The van der Waals surface area contributed by atoms with Crippen molar-refractivity contribution in [3.05, 3.63) is 22.2 Å². The Morgan fingerprint density at radius 2 is 2.18 bits per heavy atom. The number of aromatic nitrogens is 1. The topological polar surface area (TPSA) is 96.5 Å². The number of hydrogen-bond donors (Lipinski definition) is 2. The Balaban J connectivity index is 2.07. The van der Waals surface area contributed by atoms with E-state index in [1.54, 1.807) is 0 Å². The molecule has 2 aromatic rings. The molecule has 22 heavy (non-hydrogen) atoms. The highest BCUT2D eigenvalue weighted by atomic mass is 32.1. The van der Waals surface area contributed by atoms with E-state index in [9.17, 15) is 14.7 Å². The summed E-state index contributed by atoms with van der Waals surface area (Å²) >= 11 is 1.24. The van der Waals surface area contributed by atoms with Crippen LogP contribution in [0, 0.1) is 13.8 Å². The number of nitrogen functional groups attached to an aromatic ring is 1. The third-order valence-corrected chi connectivity index (χ3v) is 5.10. The fourth-order valence-corrected chi connectivity index (χ4v) is 4.20. The Labute approximate surface area is 131 Å². The van der Waals surface area contributed by atoms with Gasteiger partial charge in [0.1, 0.15) is 15.7 Å². The second kappa shape index (κ2) is 5.24. The molecule has 3 heterocycles. The van der Waals surface area contributed by atoms with E-state index in [4.69, 9.17) is 5.73 Å². The van der Waals surface area contributed by atoms with Crippen molar-refractivity contribution in [2.24, 2.45) is 0 Å².